The highest BCUT2D eigenvalue weighted by molar-refractivity contribution is 9.09. The van der Waals surface area contributed by atoms with Gasteiger partial charge in [-0.1, -0.05) is 28.8 Å². The molecule has 4 nitrogen and oxygen atoms in total. The van der Waals surface area contributed by atoms with Gasteiger partial charge in [0.05, 0.1) is 5.75 Å². The molecular weight excluding hydrogens is 328 g/mol. The molecule has 1 N–H and O–H groups in total. The fourth-order valence-electron chi connectivity index (χ4n) is 1.67. The first-order valence-electron chi connectivity index (χ1n) is 6.56. The second-order valence-electron chi connectivity index (χ2n) is 4.42. The summed E-state index contributed by atoms with van der Waals surface area (Å²) in [6, 6.07) is 3.69. The molecule has 1 rings (SSSR count). The number of aryl methyl sites for hydroxylation is 1. The monoisotopic (exact) mass is 348 g/mol. The highest BCUT2D eigenvalue weighted by Crippen LogP contribution is 2.02. The van der Waals surface area contributed by atoms with Gasteiger partial charge in [0.25, 0.3) is 0 Å². The van der Waals surface area contributed by atoms with Crippen LogP contribution in [0, 0.1) is 0 Å². The maximum atomic E-state index is 11.8. The van der Waals surface area contributed by atoms with E-state index in [2.05, 4.69) is 25.6 Å². The summed E-state index contributed by atoms with van der Waals surface area (Å²) in [6.45, 7) is 0.543. The summed E-state index contributed by atoms with van der Waals surface area (Å²) < 4.78 is 26.2. The molecular formula is C13H21BrN2O2S. The van der Waals surface area contributed by atoms with E-state index in [9.17, 15) is 8.42 Å². The van der Waals surface area contributed by atoms with Crippen molar-refractivity contribution in [2.75, 3.05) is 17.6 Å². The lowest BCUT2D eigenvalue weighted by Crippen LogP contribution is -2.28. The molecule has 0 aromatic carbocycles. The standard InChI is InChI=1S/C13H21BrN2O2S/c14-8-3-1-2-4-9-16-19(17,18)12-7-13-5-10-15-11-6-13/h5-6,10-11,16H,1-4,7-9,12H2. The van der Waals surface area contributed by atoms with E-state index in [1.165, 1.54) is 0 Å². The summed E-state index contributed by atoms with van der Waals surface area (Å²) in [5, 5.41) is 1.02. The van der Waals surface area contributed by atoms with Crippen molar-refractivity contribution in [1.82, 2.24) is 9.71 Å². The van der Waals surface area contributed by atoms with E-state index in [0.717, 1.165) is 36.6 Å². The fraction of sp³-hybridized carbons (Fsp3) is 0.615. The lowest BCUT2D eigenvalue weighted by Gasteiger charge is -2.06. The SMILES string of the molecule is O=S(=O)(CCc1ccncc1)NCCCCCCBr. The van der Waals surface area contributed by atoms with Crippen molar-refractivity contribution in [1.29, 1.82) is 0 Å². The number of unbranched alkanes of at least 4 members (excludes halogenated alkanes) is 3. The van der Waals surface area contributed by atoms with E-state index in [1.807, 2.05) is 12.1 Å². The highest BCUT2D eigenvalue weighted by atomic mass is 79.9. The van der Waals surface area contributed by atoms with Crippen molar-refractivity contribution in [2.24, 2.45) is 0 Å². The first-order chi connectivity index (χ1) is 9.14. The van der Waals surface area contributed by atoms with Gasteiger partial charge in [-0.2, -0.15) is 0 Å². The Morgan fingerprint density at radius 3 is 2.47 bits per heavy atom. The van der Waals surface area contributed by atoms with Gasteiger partial charge in [0, 0.05) is 24.3 Å². The molecule has 0 fully saturated rings. The van der Waals surface area contributed by atoms with Crippen molar-refractivity contribution < 1.29 is 8.42 Å². The molecule has 0 saturated carbocycles. The van der Waals surface area contributed by atoms with E-state index in [-0.39, 0.29) is 5.75 Å². The Balaban J connectivity index is 2.17. The van der Waals surface area contributed by atoms with E-state index in [0.29, 0.717) is 13.0 Å². The normalized spacial score (nSPS) is 11.6. The third kappa shape index (κ3) is 8.34. The molecule has 0 aliphatic carbocycles. The van der Waals surface area contributed by atoms with Crippen LogP contribution in [0.25, 0.3) is 0 Å². The molecule has 0 atom stereocenters. The summed E-state index contributed by atoms with van der Waals surface area (Å²) in [7, 11) is -3.15. The quantitative estimate of drug-likeness (QED) is 0.522. The smallest absolute Gasteiger partial charge is 0.211 e. The molecule has 1 heterocycles. The molecule has 19 heavy (non-hydrogen) atoms. The Morgan fingerprint density at radius 2 is 1.79 bits per heavy atom. The summed E-state index contributed by atoms with van der Waals surface area (Å²) in [5.74, 6) is 0.137. The van der Waals surface area contributed by atoms with Crippen LogP contribution in [0.15, 0.2) is 24.5 Å². The van der Waals surface area contributed by atoms with Gasteiger partial charge in [0.15, 0.2) is 0 Å². The summed E-state index contributed by atoms with van der Waals surface area (Å²) in [5.41, 5.74) is 0.998. The van der Waals surface area contributed by atoms with Gasteiger partial charge in [-0.25, -0.2) is 13.1 Å². The number of sulfonamides is 1. The predicted molar refractivity (Wildman–Crippen MR) is 82.0 cm³/mol. The van der Waals surface area contributed by atoms with Crippen molar-refractivity contribution in [3.63, 3.8) is 0 Å². The third-order valence-corrected chi connectivity index (χ3v) is 4.74. The molecule has 0 radical (unpaired) electrons. The number of nitrogens with zero attached hydrogens (tertiary/aromatic N) is 1. The molecule has 6 heteroatoms. The van der Waals surface area contributed by atoms with Crippen molar-refractivity contribution in [3.05, 3.63) is 30.1 Å². The van der Waals surface area contributed by atoms with Crippen LogP contribution >= 0.6 is 15.9 Å². The van der Waals surface area contributed by atoms with E-state index in [4.69, 9.17) is 0 Å². The maximum Gasteiger partial charge on any atom is 0.211 e. The lowest BCUT2D eigenvalue weighted by molar-refractivity contribution is 0.573. The lowest BCUT2D eigenvalue weighted by atomic mass is 10.2. The molecule has 1 aromatic heterocycles. The largest absolute Gasteiger partial charge is 0.265 e. The number of halogens is 1. The molecule has 0 spiro atoms. The second kappa shape index (κ2) is 9.44. The number of alkyl halides is 1. The average Bonchev–Trinajstić information content (AvgIpc) is 2.42. The average molecular weight is 349 g/mol. The van der Waals surface area contributed by atoms with Gasteiger partial charge in [0.1, 0.15) is 0 Å². The van der Waals surface area contributed by atoms with Crippen LogP contribution in [0.5, 0.6) is 0 Å². The van der Waals surface area contributed by atoms with Gasteiger partial charge in [-0.05, 0) is 37.0 Å². The Bertz CT molecular complexity index is 437. The Hall–Kier alpha value is -0.460. The molecule has 0 unspecified atom stereocenters. The van der Waals surface area contributed by atoms with Crippen LogP contribution < -0.4 is 4.72 Å². The molecule has 1 aromatic rings. The van der Waals surface area contributed by atoms with Crippen molar-refractivity contribution in [3.8, 4) is 0 Å². The van der Waals surface area contributed by atoms with Gasteiger partial charge >= 0.3 is 0 Å². The highest BCUT2D eigenvalue weighted by Gasteiger charge is 2.09. The van der Waals surface area contributed by atoms with Crippen LogP contribution in [-0.2, 0) is 16.4 Å². The first-order valence-corrected chi connectivity index (χ1v) is 9.33. The molecule has 0 aliphatic rings. The van der Waals surface area contributed by atoms with Crippen molar-refractivity contribution in [2.45, 2.75) is 32.1 Å². The van der Waals surface area contributed by atoms with E-state index >= 15 is 0 Å². The number of hydrogen-bond acceptors (Lipinski definition) is 3. The number of aromatic nitrogens is 1. The Kier molecular flexibility index (Phi) is 8.25. The molecule has 0 amide bonds. The van der Waals surface area contributed by atoms with Gasteiger partial charge in [0.2, 0.25) is 10.0 Å². The Labute approximate surface area is 124 Å². The fourth-order valence-corrected chi connectivity index (χ4v) is 3.18. The van der Waals surface area contributed by atoms with Crippen LogP contribution in [0.1, 0.15) is 31.2 Å². The topological polar surface area (TPSA) is 59.1 Å². The number of rotatable bonds is 10. The third-order valence-electron chi connectivity index (χ3n) is 2.79. The second-order valence-corrected chi connectivity index (χ2v) is 7.14. The summed E-state index contributed by atoms with van der Waals surface area (Å²) in [6.07, 6.45) is 8.15. The zero-order chi connectivity index (χ0) is 14.0. The number of pyridine rings is 1. The zero-order valence-corrected chi connectivity index (χ0v) is 13.4. The predicted octanol–water partition coefficient (Wildman–Crippen LogP) is 2.50. The van der Waals surface area contributed by atoms with Crippen LogP contribution in [-0.4, -0.2) is 31.0 Å². The molecule has 0 aliphatic heterocycles. The van der Waals surface area contributed by atoms with Crippen LogP contribution in [0.4, 0.5) is 0 Å². The number of hydrogen-bond donors (Lipinski definition) is 1. The zero-order valence-electron chi connectivity index (χ0n) is 11.0. The van der Waals surface area contributed by atoms with E-state index in [1.54, 1.807) is 12.4 Å². The Morgan fingerprint density at radius 1 is 1.11 bits per heavy atom. The molecule has 0 bridgehead atoms. The minimum atomic E-state index is -3.15. The summed E-state index contributed by atoms with van der Waals surface area (Å²) in [4.78, 5) is 3.91. The van der Waals surface area contributed by atoms with Crippen LogP contribution in [0.3, 0.4) is 0 Å². The minimum absolute atomic E-state index is 0.137. The molecule has 108 valence electrons. The van der Waals surface area contributed by atoms with Crippen LogP contribution in [0.2, 0.25) is 0 Å². The van der Waals surface area contributed by atoms with Crippen molar-refractivity contribution >= 4 is 26.0 Å². The van der Waals surface area contributed by atoms with Gasteiger partial charge in [-0.15, -0.1) is 0 Å². The van der Waals surface area contributed by atoms with Gasteiger partial charge in [-0.3, -0.25) is 4.98 Å². The summed E-state index contributed by atoms with van der Waals surface area (Å²) >= 11 is 3.38. The maximum absolute atomic E-state index is 11.8. The molecule has 0 saturated heterocycles. The number of nitrogens with one attached hydrogen (secondary N) is 1. The van der Waals surface area contributed by atoms with Gasteiger partial charge < -0.3 is 0 Å². The minimum Gasteiger partial charge on any atom is -0.265 e. The van der Waals surface area contributed by atoms with E-state index < -0.39 is 10.0 Å². The first kappa shape index (κ1) is 16.6.